The molecule has 7 heteroatoms. The molecule has 0 fully saturated rings. The van der Waals surface area contributed by atoms with Crippen molar-refractivity contribution in [2.45, 2.75) is 13.0 Å². The minimum atomic E-state index is -0.850. The predicted molar refractivity (Wildman–Crippen MR) is 71.1 cm³/mol. The molecule has 0 aliphatic rings. The van der Waals surface area contributed by atoms with E-state index in [2.05, 4.69) is 15.4 Å². The summed E-state index contributed by atoms with van der Waals surface area (Å²) in [6.45, 7) is 1.48. The number of aliphatic hydroxyl groups is 1. The topological polar surface area (TPSA) is 105 Å². The monoisotopic (exact) mass is 280 g/mol. The molecule has 108 valence electrons. The standard InChI is InChI=1S/C13H16N2O5/c1-8(16)7-14-11(17)12(18)15-10-5-3-9(4-6-10)13(19)20-2/h3-6,8,16H,7H2,1-2H3,(H,14,17)(H,15,18)/t8-/m1/s1. The van der Waals surface area contributed by atoms with Crippen molar-refractivity contribution in [3.05, 3.63) is 29.8 Å². The Morgan fingerprint density at radius 3 is 2.30 bits per heavy atom. The fourth-order valence-electron chi connectivity index (χ4n) is 1.32. The summed E-state index contributed by atoms with van der Waals surface area (Å²) in [5.74, 6) is -2.18. The van der Waals surface area contributed by atoms with Gasteiger partial charge in [0.1, 0.15) is 0 Å². The number of amides is 2. The van der Waals surface area contributed by atoms with E-state index in [1.165, 1.54) is 38.3 Å². The van der Waals surface area contributed by atoms with Gasteiger partial charge in [-0.1, -0.05) is 0 Å². The van der Waals surface area contributed by atoms with E-state index in [9.17, 15) is 14.4 Å². The van der Waals surface area contributed by atoms with Crippen LogP contribution >= 0.6 is 0 Å². The summed E-state index contributed by atoms with van der Waals surface area (Å²) in [4.78, 5) is 34.1. The third-order valence-electron chi connectivity index (χ3n) is 2.33. The Balaban J connectivity index is 2.58. The molecule has 1 rings (SSSR count). The number of carbonyl (C=O) groups is 3. The van der Waals surface area contributed by atoms with Crippen molar-refractivity contribution < 1.29 is 24.2 Å². The van der Waals surface area contributed by atoms with Crippen LogP contribution in [0.5, 0.6) is 0 Å². The van der Waals surface area contributed by atoms with E-state index in [1.54, 1.807) is 0 Å². The van der Waals surface area contributed by atoms with Crippen LogP contribution in [0.1, 0.15) is 17.3 Å². The van der Waals surface area contributed by atoms with Crippen molar-refractivity contribution in [2.24, 2.45) is 0 Å². The van der Waals surface area contributed by atoms with E-state index in [0.717, 1.165) is 0 Å². The van der Waals surface area contributed by atoms with Crippen molar-refractivity contribution in [1.29, 1.82) is 0 Å². The Hall–Kier alpha value is -2.41. The quantitative estimate of drug-likeness (QED) is 0.528. The van der Waals surface area contributed by atoms with Crippen LogP contribution in [0, 0.1) is 0 Å². The van der Waals surface area contributed by atoms with Crippen LogP contribution in [-0.2, 0) is 14.3 Å². The molecule has 0 saturated carbocycles. The second-order valence-electron chi connectivity index (χ2n) is 4.08. The Kier molecular flexibility index (Phi) is 5.67. The van der Waals surface area contributed by atoms with E-state index < -0.39 is 23.9 Å². The van der Waals surface area contributed by atoms with Crippen LogP contribution in [0.15, 0.2) is 24.3 Å². The minimum absolute atomic E-state index is 0.00642. The lowest BCUT2D eigenvalue weighted by Crippen LogP contribution is -2.38. The second-order valence-corrected chi connectivity index (χ2v) is 4.08. The molecule has 0 spiro atoms. The number of aliphatic hydroxyl groups excluding tert-OH is 1. The van der Waals surface area contributed by atoms with Gasteiger partial charge in [0.15, 0.2) is 0 Å². The average Bonchev–Trinajstić information content (AvgIpc) is 2.44. The molecule has 3 N–H and O–H groups in total. The number of nitrogens with one attached hydrogen (secondary N) is 2. The molecule has 1 atom stereocenters. The Labute approximate surface area is 115 Å². The number of hydrogen-bond donors (Lipinski definition) is 3. The normalized spacial score (nSPS) is 11.3. The summed E-state index contributed by atoms with van der Waals surface area (Å²) in [5, 5.41) is 13.6. The number of carbonyl (C=O) groups excluding carboxylic acids is 3. The van der Waals surface area contributed by atoms with Crippen LogP contribution in [0.4, 0.5) is 5.69 Å². The maximum absolute atomic E-state index is 11.5. The van der Waals surface area contributed by atoms with Gasteiger partial charge in [0.25, 0.3) is 0 Å². The number of ether oxygens (including phenoxy) is 1. The van der Waals surface area contributed by atoms with Gasteiger partial charge in [0.2, 0.25) is 0 Å². The minimum Gasteiger partial charge on any atom is -0.465 e. The zero-order valence-electron chi connectivity index (χ0n) is 11.2. The fraction of sp³-hybridized carbons (Fsp3) is 0.308. The summed E-state index contributed by atoms with van der Waals surface area (Å²) in [7, 11) is 1.27. The molecule has 0 unspecified atom stereocenters. The van der Waals surface area contributed by atoms with Crippen LogP contribution in [0.2, 0.25) is 0 Å². The Bertz CT molecular complexity index is 496. The second kappa shape index (κ2) is 7.25. The molecule has 1 aromatic rings. The SMILES string of the molecule is COC(=O)c1ccc(NC(=O)C(=O)NC[C@@H](C)O)cc1. The molecule has 0 aliphatic carbocycles. The van der Waals surface area contributed by atoms with Gasteiger partial charge in [-0.2, -0.15) is 0 Å². The molecule has 1 aromatic carbocycles. The lowest BCUT2D eigenvalue weighted by Gasteiger charge is -2.08. The zero-order chi connectivity index (χ0) is 15.1. The molecule has 0 radical (unpaired) electrons. The first-order valence-electron chi connectivity index (χ1n) is 5.89. The maximum Gasteiger partial charge on any atom is 0.337 e. The van der Waals surface area contributed by atoms with Crippen molar-refractivity contribution in [1.82, 2.24) is 5.32 Å². The third-order valence-corrected chi connectivity index (χ3v) is 2.33. The van der Waals surface area contributed by atoms with Gasteiger partial charge < -0.3 is 20.5 Å². The molecule has 0 aliphatic heterocycles. The summed E-state index contributed by atoms with van der Waals surface area (Å²) in [5.41, 5.74) is 0.707. The number of esters is 1. The van der Waals surface area contributed by atoms with Gasteiger partial charge in [-0.25, -0.2) is 4.79 Å². The first-order valence-corrected chi connectivity index (χ1v) is 5.89. The maximum atomic E-state index is 11.5. The molecule has 20 heavy (non-hydrogen) atoms. The van der Waals surface area contributed by atoms with Gasteiger partial charge in [-0.05, 0) is 31.2 Å². The lowest BCUT2D eigenvalue weighted by atomic mass is 10.2. The first kappa shape index (κ1) is 15.6. The number of benzene rings is 1. The number of hydrogen-bond acceptors (Lipinski definition) is 5. The van der Waals surface area contributed by atoms with E-state index in [-0.39, 0.29) is 6.54 Å². The fourth-order valence-corrected chi connectivity index (χ4v) is 1.32. The van der Waals surface area contributed by atoms with Crippen molar-refractivity contribution in [3.8, 4) is 0 Å². The molecular weight excluding hydrogens is 264 g/mol. The van der Waals surface area contributed by atoms with Crippen molar-refractivity contribution >= 4 is 23.5 Å². The zero-order valence-corrected chi connectivity index (χ0v) is 11.2. The molecular formula is C13H16N2O5. The molecule has 0 bridgehead atoms. The number of rotatable bonds is 4. The van der Waals surface area contributed by atoms with E-state index in [4.69, 9.17) is 5.11 Å². The summed E-state index contributed by atoms with van der Waals surface area (Å²) in [6.07, 6.45) is -0.730. The van der Waals surface area contributed by atoms with E-state index in [1.807, 2.05) is 0 Å². The highest BCUT2D eigenvalue weighted by molar-refractivity contribution is 6.39. The highest BCUT2D eigenvalue weighted by Gasteiger charge is 2.14. The smallest absolute Gasteiger partial charge is 0.337 e. The van der Waals surface area contributed by atoms with Gasteiger partial charge in [0, 0.05) is 12.2 Å². The van der Waals surface area contributed by atoms with Gasteiger partial charge in [-0.3, -0.25) is 9.59 Å². The lowest BCUT2D eigenvalue weighted by molar-refractivity contribution is -0.136. The van der Waals surface area contributed by atoms with Crippen LogP contribution < -0.4 is 10.6 Å². The van der Waals surface area contributed by atoms with Crippen LogP contribution in [0.3, 0.4) is 0 Å². The highest BCUT2D eigenvalue weighted by atomic mass is 16.5. The van der Waals surface area contributed by atoms with Crippen molar-refractivity contribution in [2.75, 3.05) is 19.0 Å². The van der Waals surface area contributed by atoms with Crippen LogP contribution in [0.25, 0.3) is 0 Å². The molecule has 0 saturated heterocycles. The Morgan fingerprint density at radius 1 is 1.20 bits per heavy atom. The summed E-state index contributed by atoms with van der Waals surface area (Å²) >= 11 is 0. The van der Waals surface area contributed by atoms with Crippen LogP contribution in [-0.4, -0.2) is 42.6 Å². The number of anilines is 1. The molecule has 7 nitrogen and oxygen atoms in total. The van der Waals surface area contributed by atoms with Crippen molar-refractivity contribution in [3.63, 3.8) is 0 Å². The summed E-state index contributed by atoms with van der Waals surface area (Å²) in [6, 6.07) is 5.89. The average molecular weight is 280 g/mol. The third kappa shape index (κ3) is 4.69. The molecule has 0 heterocycles. The predicted octanol–water partition coefficient (Wildman–Crippen LogP) is -0.0913. The van der Waals surface area contributed by atoms with Gasteiger partial charge in [0.05, 0.1) is 18.8 Å². The van der Waals surface area contributed by atoms with E-state index in [0.29, 0.717) is 11.3 Å². The highest BCUT2D eigenvalue weighted by Crippen LogP contribution is 2.10. The number of methoxy groups -OCH3 is 1. The van der Waals surface area contributed by atoms with E-state index >= 15 is 0 Å². The Morgan fingerprint density at radius 2 is 1.80 bits per heavy atom. The summed E-state index contributed by atoms with van der Waals surface area (Å²) < 4.78 is 4.54. The molecule has 2 amide bonds. The first-order chi connectivity index (χ1) is 9.43. The molecule has 0 aromatic heterocycles. The largest absolute Gasteiger partial charge is 0.465 e. The van der Waals surface area contributed by atoms with Gasteiger partial charge >= 0.3 is 17.8 Å². The van der Waals surface area contributed by atoms with Gasteiger partial charge in [-0.15, -0.1) is 0 Å².